The molecule has 1 amide bonds. The number of hydrogen-bond acceptors (Lipinski definition) is 4. The van der Waals surface area contributed by atoms with Gasteiger partial charge in [-0.1, -0.05) is 19.8 Å². The summed E-state index contributed by atoms with van der Waals surface area (Å²) in [5.74, 6) is 0.219. The Kier molecular flexibility index (Phi) is 6.12. The molecule has 1 aromatic heterocycles. The molecule has 0 radical (unpaired) electrons. The Morgan fingerprint density at radius 1 is 1.32 bits per heavy atom. The lowest BCUT2D eigenvalue weighted by Gasteiger charge is -2.09. The highest BCUT2D eigenvalue weighted by Crippen LogP contribution is 2.15. The minimum Gasteiger partial charge on any atom is -0.427 e. The van der Waals surface area contributed by atoms with E-state index in [4.69, 9.17) is 4.42 Å². The predicted octanol–water partition coefficient (Wildman–Crippen LogP) is 2.16. The van der Waals surface area contributed by atoms with Gasteiger partial charge in [0.2, 0.25) is 0 Å². The number of rotatable bonds is 7. The molecule has 19 heavy (non-hydrogen) atoms. The first-order valence-corrected chi connectivity index (χ1v) is 6.77. The smallest absolute Gasteiger partial charge is 0.350 e. The van der Waals surface area contributed by atoms with Crippen molar-refractivity contribution in [2.45, 2.75) is 39.5 Å². The minimum atomic E-state index is -0.579. The van der Waals surface area contributed by atoms with E-state index in [1.54, 1.807) is 20.0 Å². The van der Waals surface area contributed by atoms with Crippen LogP contribution < -0.4 is 16.3 Å². The van der Waals surface area contributed by atoms with Gasteiger partial charge in [-0.15, -0.1) is 0 Å². The Balaban J connectivity index is 3.01. The van der Waals surface area contributed by atoms with Crippen molar-refractivity contribution in [1.82, 2.24) is 5.32 Å². The molecule has 0 saturated heterocycles. The van der Waals surface area contributed by atoms with E-state index in [0.717, 1.165) is 19.3 Å². The molecule has 5 heteroatoms. The third-order valence-corrected chi connectivity index (χ3v) is 2.86. The van der Waals surface area contributed by atoms with Gasteiger partial charge in [0.1, 0.15) is 11.3 Å². The maximum atomic E-state index is 11.9. The van der Waals surface area contributed by atoms with E-state index in [9.17, 15) is 9.59 Å². The van der Waals surface area contributed by atoms with E-state index in [-0.39, 0.29) is 5.56 Å². The topological polar surface area (TPSA) is 71.3 Å². The van der Waals surface area contributed by atoms with Gasteiger partial charge >= 0.3 is 5.63 Å². The van der Waals surface area contributed by atoms with Crippen molar-refractivity contribution in [2.24, 2.45) is 0 Å². The fraction of sp³-hybridized carbons (Fsp3) is 0.571. The van der Waals surface area contributed by atoms with Crippen molar-refractivity contribution in [3.05, 3.63) is 27.8 Å². The number of aryl methyl sites for hydroxylation is 1. The first kappa shape index (κ1) is 15.3. The van der Waals surface area contributed by atoms with Crippen LogP contribution in [0, 0.1) is 0 Å². The van der Waals surface area contributed by atoms with Crippen molar-refractivity contribution in [2.75, 3.05) is 18.9 Å². The molecular formula is C14H22N2O3. The van der Waals surface area contributed by atoms with E-state index in [0.29, 0.717) is 24.4 Å². The maximum absolute atomic E-state index is 11.9. The van der Waals surface area contributed by atoms with Crippen LogP contribution in [0.15, 0.2) is 15.3 Å². The van der Waals surface area contributed by atoms with E-state index >= 15 is 0 Å². The van der Waals surface area contributed by atoms with Gasteiger partial charge in [0, 0.05) is 26.1 Å². The van der Waals surface area contributed by atoms with Crippen LogP contribution in [0.5, 0.6) is 0 Å². The summed E-state index contributed by atoms with van der Waals surface area (Å²) < 4.78 is 5.21. The normalized spacial score (nSPS) is 10.3. The fourth-order valence-electron chi connectivity index (χ4n) is 1.88. The molecular weight excluding hydrogens is 244 g/mol. The highest BCUT2D eigenvalue weighted by atomic mass is 16.4. The van der Waals surface area contributed by atoms with Crippen molar-refractivity contribution in [1.29, 1.82) is 0 Å². The summed E-state index contributed by atoms with van der Waals surface area (Å²) >= 11 is 0. The minimum absolute atomic E-state index is 0.0450. The molecule has 0 aliphatic rings. The average Bonchev–Trinajstić information content (AvgIpc) is 2.38. The van der Waals surface area contributed by atoms with Crippen molar-refractivity contribution >= 4 is 11.6 Å². The molecule has 1 aromatic rings. The van der Waals surface area contributed by atoms with Gasteiger partial charge in [0.05, 0.1) is 5.69 Å². The quantitative estimate of drug-likeness (QED) is 0.742. The molecule has 0 aliphatic heterocycles. The number of carbonyl (C=O) groups is 1. The average molecular weight is 266 g/mol. The molecule has 0 aliphatic carbocycles. The Morgan fingerprint density at radius 2 is 2.05 bits per heavy atom. The van der Waals surface area contributed by atoms with Crippen LogP contribution in [-0.2, 0) is 6.42 Å². The van der Waals surface area contributed by atoms with Crippen LogP contribution in [-0.4, -0.2) is 19.5 Å². The number of unbranched alkanes of at least 4 members (excludes halogenated alkanes) is 2. The zero-order valence-electron chi connectivity index (χ0n) is 11.8. The van der Waals surface area contributed by atoms with Gasteiger partial charge in [-0.3, -0.25) is 4.79 Å². The molecule has 2 N–H and O–H groups in total. The molecule has 0 unspecified atom stereocenters. The second-order valence-corrected chi connectivity index (χ2v) is 4.36. The monoisotopic (exact) mass is 266 g/mol. The second kappa shape index (κ2) is 7.61. The van der Waals surface area contributed by atoms with Gasteiger partial charge < -0.3 is 15.1 Å². The number of amides is 1. The molecule has 1 heterocycles. The molecule has 1 rings (SSSR count). The number of nitrogens with one attached hydrogen (secondary N) is 2. The lowest BCUT2D eigenvalue weighted by molar-refractivity contribution is 0.0952. The zero-order valence-corrected chi connectivity index (χ0v) is 11.8. The molecule has 0 atom stereocenters. The van der Waals surface area contributed by atoms with Crippen LogP contribution >= 0.6 is 0 Å². The van der Waals surface area contributed by atoms with Gasteiger partial charge in [-0.05, 0) is 13.3 Å². The van der Waals surface area contributed by atoms with E-state index < -0.39 is 11.5 Å². The molecule has 0 spiro atoms. The van der Waals surface area contributed by atoms with Crippen LogP contribution in [0.2, 0.25) is 0 Å². The van der Waals surface area contributed by atoms with Crippen LogP contribution in [0.1, 0.15) is 49.2 Å². The lowest BCUT2D eigenvalue weighted by Crippen LogP contribution is -2.29. The molecule has 0 aromatic carbocycles. The highest BCUT2D eigenvalue weighted by Gasteiger charge is 2.17. The Morgan fingerprint density at radius 3 is 2.63 bits per heavy atom. The molecule has 5 nitrogen and oxygen atoms in total. The third-order valence-electron chi connectivity index (χ3n) is 2.86. The second-order valence-electron chi connectivity index (χ2n) is 4.36. The van der Waals surface area contributed by atoms with Crippen LogP contribution in [0.3, 0.4) is 0 Å². The molecule has 106 valence electrons. The fourth-order valence-corrected chi connectivity index (χ4v) is 1.88. The van der Waals surface area contributed by atoms with Crippen molar-refractivity contribution < 1.29 is 9.21 Å². The largest absolute Gasteiger partial charge is 0.427 e. The predicted molar refractivity (Wildman–Crippen MR) is 75.8 cm³/mol. The molecule has 0 bridgehead atoms. The van der Waals surface area contributed by atoms with E-state index in [1.165, 1.54) is 0 Å². The highest BCUT2D eigenvalue weighted by molar-refractivity contribution is 5.99. The summed E-state index contributed by atoms with van der Waals surface area (Å²) in [4.78, 5) is 23.7. The van der Waals surface area contributed by atoms with Gasteiger partial charge in [0.25, 0.3) is 5.91 Å². The van der Waals surface area contributed by atoms with Gasteiger partial charge in [-0.25, -0.2) is 4.79 Å². The third kappa shape index (κ3) is 4.12. The standard InChI is InChI=1S/C14H22N2O3/c1-4-6-7-8-10-9-11(15-3)12(14(18)19-10)13(17)16-5-2/h9,15H,4-8H2,1-3H3,(H,16,17). The Labute approximate surface area is 113 Å². The number of carbonyl (C=O) groups excluding carboxylic acids is 1. The number of anilines is 1. The SMILES string of the molecule is CCCCCc1cc(NC)c(C(=O)NCC)c(=O)o1. The van der Waals surface area contributed by atoms with E-state index in [2.05, 4.69) is 17.6 Å². The summed E-state index contributed by atoms with van der Waals surface area (Å²) in [6.07, 6.45) is 3.90. The van der Waals surface area contributed by atoms with E-state index in [1.807, 2.05) is 0 Å². The summed E-state index contributed by atoms with van der Waals surface area (Å²) in [6.45, 7) is 4.39. The van der Waals surface area contributed by atoms with Gasteiger partial charge in [-0.2, -0.15) is 0 Å². The van der Waals surface area contributed by atoms with Crippen LogP contribution in [0.25, 0.3) is 0 Å². The maximum Gasteiger partial charge on any atom is 0.350 e. The summed E-state index contributed by atoms with van der Waals surface area (Å²) in [5, 5.41) is 5.50. The Bertz CT molecular complexity index is 480. The Hall–Kier alpha value is -1.78. The van der Waals surface area contributed by atoms with Crippen LogP contribution in [0.4, 0.5) is 5.69 Å². The molecule has 0 fully saturated rings. The zero-order chi connectivity index (χ0) is 14.3. The summed E-state index contributed by atoms with van der Waals surface area (Å²) in [6, 6.07) is 1.74. The summed E-state index contributed by atoms with van der Waals surface area (Å²) in [5.41, 5.74) is -0.0124. The first-order valence-electron chi connectivity index (χ1n) is 6.77. The lowest BCUT2D eigenvalue weighted by atomic mass is 10.1. The number of hydrogen-bond donors (Lipinski definition) is 2. The first-order chi connectivity index (χ1) is 9.13. The van der Waals surface area contributed by atoms with Gasteiger partial charge in [0.15, 0.2) is 0 Å². The van der Waals surface area contributed by atoms with Crippen molar-refractivity contribution in [3.8, 4) is 0 Å². The summed E-state index contributed by atoms with van der Waals surface area (Å²) in [7, 11) is 1.69. The van der Waals surface area contributed by atoms with Crippen molar-refractivity contribution in [3.63, 3.8) is 0 Å². The molecule has 0 saturated carbocycles.